The van der Waals surface area contributed by atoms with E-state index in [1.165, 1.54) is 16.0 Å². The molecule has 0 bridgehead atoms. The average molecular weight is 421 g/mol. The van der Waals surface area contributed by atoms with Gasteiger partial charge in [-0.1, -0.05) is 0 Å². The summed E-state index contributed by atoms with van der Waals surface area (Å²) in [5, 5.41) is 4.31. The highest BCUT2D eigenvalue weighted by Gasteiger charge is 2.28. The van der Waals surface area contributed by atoms with Gasteiger partial charge < -0.3 is 10.6 Å². The summed E-state index contributed by atoms with van der Waals surface area (Å²) in [6.07, 6.45) is 1.09. The molecule has 1 aliphatic rings. The number of nitrogens with two attached hydrogens (primary N) is 1. The third kappa shape index (κ3) is 4.38. The summed E-state index contributed by atoms with van der Waals surface area (Å²) in [7, 11) is 3.21. The van der Waals surface area contributed by atoms with Gasteiger partial charge in [-0.05, 0) is 25.0 Å². The topological polar surface area (TPSA) is 84.5 Å². The zero-order valence-electron chi connectivity index (χ0n) is 16.8. The first kappa shape index (κ1) is 21.6. The summed E-state index contributed by atoms with van der Waals surface area (Å²) in [5.74, 6) is -3.62. The minimum atomic E-state index is -1.29. The van der Waals surface area contributed by atoms with Gasteiger partial charge in [-0.3, -0.25) is 14.5 Å². The van der Waals surface area contributed by atoms with E-state index in [0.29, 0.717) is 23.2 Å². The van der Waals surface area contributed by atoms with Gasteiger partial charge in [-0.15, -0.1) is 0 Å². The lowest BCUT2D eigenvalue weighted by Crippen LogP contribution is -2.39. The van der Waals surface area contributed by atoms with E-state index in [1.54, 1.807) is 31.8 Å². The van der Waals surface area contributed by atoms with Gasteiger partial charge in [-0.25, -0.2) is 17.9 Å². The quantitative estimate of drug-likeness (QED) is 0.748. The van der Waals surface area contributed by atoms with Gasteiger partial charge in [0.2, 0.25) is 5.91 Å². The number of likely N-dealkylation sites (N-methyl/N-ethyl adjacent to an activating group) is 1. The molecular weight excluding hydrogens is 399 g/mol. The zero-order valence-corrected chi connectivity index (χ0v) is 16.8. The molecule has 0 aliphatic carbocycles. The second-order valence-electron chi connectivity index (χ2n) is 7.45. The second-order valence-corrected chi connectivity index (χ2v) is 7.45. The molecule has 7 nitrogen and oxygen atoms in total. The molecule has 2 aromatic rings. The Morgan fingerprint density at radius 3 is 2.50 bits per heavy atom. The van der Waals surface area contributed by atoms with E-state index >= 15 is 0 Å². The van der Waals surface area contributed by atoms with E-state index in [-0.39, 0.29) is 30.9 Å². The summed E-state index contributed by atoms with van der Waals surface area (Å²) >= 11 is 0. The molecule has 10 heteroatoms. The predicted molar refractivity (Wildman–Crippen MR) is 104 cm³/mol. The molecule has 0 fully saturated rings. The summed E-state index contributed by atoms with van der Waals surface area (Å²) in [6, 6.07) is 2.04. The van der Waals surface area contributed by atoms with Crippen molar-refractivity contribution in [2.24, 2.45) is 5.73 Å². The summed E-state index contributed by atoms with van der Waals surface area (Å²) < 4.78 is 41.9. The van der Waals surface area contributed by atoms with E-state index in [2.05, 4.69) is 5.10 Å². The number of aryl methyl sites for hydroxylation is 1. The molecule has 160 valence electrons. The van der Waals surface area contributed by atoms with Crippen LogP contribution in [-0.4, -0.2) is 46.6 Å². The van der Waals surface area contributed by atoms with Crippen molar-refractivity contribution in [2.45, 2.75) is 32.4 Å². The average Bonchev–Trinajstić information content (AvgIpc) is 3.04. The molecule has 0 saturated carbocycles. The Balaban J connectivity index is 1.80. The molecule has 0 spiro atoms. The zero-order chi connectivity index (χ0) is 22.2. The fraction of sp³-hybridized carbons (Fsp3) is 0.350. The van der Waals surface area contributed by atoms with Crippen molar-refractivity contribution >= 4 is 17.6 Å². The van der Waals surface area contributed by atoms with Crippen LogP contribution in [0.4, 0.5) is 19.0 Å². The summed E-state index contributed by atoms with van der Waals surface area (Å²) in [4.78, 5) is 28.0. The van der Waals surface area contributed by atoms with E-state index in [9.17, 15) is 22.8 Å². The minimum absolute atomic E-state index is 0.118. The van der Waals surface area contributed by atoms with Crippen molar-refractivity contribution in [3.05, 3.63) is 58.7 Å². The van der Waals surface area contributed by atoms with Crippen molar-refractivity contribution in [3.8, 4) is 0 Å². The van der Waals surface area contributed by atoms with E-state index in [0.717, 1.165) is 6.07 Å². The Kier molecular flexibility index (Phi) is 5.97. The highest BCUT2D eigenvalue weighted by atomic mass is 19.2. The molecule has 3 rings (SSSR count). The van der Waals surface area contributed by atoms with Crippen LogP contribution >= 0.6 is 0 Å². The van der Waals surface area contributed by atoms with Crippen molar-refractivity contribution in [2.75, 3.05) is 19.0 Å². The van der Waals surface area contributed by atoms with Gasteiger partial charge in [-0.2, -0.15) is 5.10 Å². The third-order valence-electron chi connectivity index (χ3n) is 4.69. The first-order valence-electron chi connectivity index (χ1n) is 9.24. The van der Waals surface area contributed by atoms with Gasteiger partial charge in [0.25, 0.3) is 5.91 Å². The Bertz CT molecular complexity index is 1030. The number of carbonyl (C=O) groups is 2. The molecular formula is C20H22F3N5O2. The lowest BCUT2D eigenvalue weighted by Gasteiger charge is -2.27. The van der Waals surface area contributed by atoms with E-state index in [4.69, 9.17) is 5.73 Å². The molecule has 2 amide bonds. The number of rotatable bonds is 5. The van der Waals surface area contributed by atoms with Crippen LogP contribution in [0.5, 0.6) is 0 Å². The number of anilines is 1. The number of aromatic nitrogens is 2. The molecule has 0 saturated heterocycles. The van der Waals surface area contributed by atoms with Crippen LogP contribution in [0.3, 0.4) is 0 Å². The number of hydrogen-bond donors (Lipinski definition) is 1. The predicted octanol–water partition coefficient (Wildman–Crippen LogP) is 1.89. The van der Waals surface area contributed by atoms with Crippen LogP contribution < -0.4 is 10.6 Å². The summed E-state index contributed by atoms with van der Waals surface area (Å²) in [6.45, 7) is 1.98. The highest BCUT2D eigenvalue weighted by Crippen LogP contribution is 2.26. The maximum Gasteiger partial charge on any atom is 0.252 e. The first-order chi connectivity index (χ1) is 14.1. The van der Waals surface area contributed by atoms with Gasteiger partial charge in [0.15, 0.2) is 11.6 Å². The number of hydrogen-bond acceptors (Lipinski definition) is 4. The minimum Gasteiger partial charge on any atom is -0.345 e. The molecule has 1 atom stereocenters. The SMILES string of the molecule is Cc1cc2n(n1)CC(C(=O)N(C)C)=CN2C(=O)C[C@H](N)Cc1cc(F)c(F)cc1F. The maximum absolute atomic E-state index is 13.9. The van der Waals surface area contributed by atoms with Crippen LogP contribution in [-0.2, 0) is 22.6 Å². The fourth-order valence-electron chi connectivity index (χ4n) is 3.27. The number of carbonyl (C=O) groups excluding carboxylic acids is 2. The number of amides is 2. The fourth-order valence-corrected chi connectivity index (χ4v) is 3.27. The number of benzene rings is 1. The Hall–Kier alpha value is -3.14. The monoisotopic (exact) mass is 421 g/mol. The highest BCUT2D eigenvalue weighted by molar-refractivity contribution is 6.00. The van der Waals surface area contributed by atoms with Crippen LogP contribution in [0.25, 0.3) is 0 Å². The molecule has 2 heterocycles. The van der Waals surface area contributed by atoms with Gasteiger partial charge in [0, 0.05) is 44.9 Å². The molecule has 1 aromatic heterocycles. The van der Waals surface area contributed by atoms with Crippen LogP contribution in [0.2, 0.25) is 0 Å². The van der Waals surface area contributed by atoms with E-state index < -0.39 is 29.4 Å². The number of halogens is 3. The Labute approximate surface area is 171 Å². The van der Waals surface area contributed by atoms with Crippen molar-refractivity contribution < 1.29 is 22.8 Å². The molecule has 1 aromatic carbocycles. The normalized spacial score (nSPS) is 14.2. The van der Waals surface area contributed by atoms with Crippen molar-refractivity contribution in [1.82, 2.24) is 14.7 Å². The third-order valence-corrected chi connectivity index (χ3v) is 4.69. The van der Waals surface area contributed by atoms with Crippen LogP contribution in [0.1, 0.15) is 17.7 Å². The van der Waals surface area contributed by atoms with Crippen LogP contribution in [0, 0.1) is 24.4 Å². The lowest BCUT2D eigenvalue weighted by molar-refractivity contribution is -0.125. The largest absolute Gasteiger partial charge is 0.345 e. The van der Waals surface area contributed by atoms with Crippen molar-refractivity contribution in [1.29, 1.82) is 0 Å². The Morgan fingerprint density at radius 2 is 1.83 bits per heavy atom. The van der Waals surface area contributed by atoms with Gasteiger partial charge in [0.05, 0.1) is 17.8 Å². The van der Waals surface area contributed by atoms with Gasteiger partial charge >= 0.3 is 0 Å². The Morgan fingerprint density at radius 1 is 1.17 bits per heavy atom. The second kappa shape index (κ2) is 8.31. The summed E-state index contributed by atoms with van der Waals surface area (Å²) in [5.41, 5.74) is 6.91. The molecule has 2 N–H and O–H groups in total. The number of fused-ring (bicyclic) bond motifs is 1. The maximum atomic E-state index is 13.9. The molecule has 0 radical (unpaired) electrons. The number of nitrogens with zero attached hydrogens (tertiary/aromatic N) is 4. The van der Waals surface area contributed by atoms with Gasteiger partial charge in [0.1, 0.15) is 11.6 Å². The van der Waals surface area contributed by atoms with Crippen LogP contribution in [0.15, 0.2) is 30.0 Å². The lowest BCUT2D eigenvalue weighted by atomic mass is 10.0. The molecule has 30 heavy (non-hydrogen) atoms. The molecule has 1 aliphatic heterocycles. The molecule has 0 unspecified atom stereocenters. The standard InChI is InChI=1S/C20H22F3N5O2/c1-11-4-18-27(9-13(10-28(18)25-11)20(30)26(2)3)19(29)7-14(24)5-12-6-16(22)17(23)8-15(12)21/h4,6,8-9,14H,5,7,10,24H2,1-3H3/t14-/m1/s1. The van der Waals surface area contributed by atoms with E-state index in [1.807, 2.05) is 0 Å². The smallest absolute Gasteiger partial charge is 0.252 e. The van der Waals surface area contributed by atoms with Crippen molar-refractivity contribution in [3.63, 3.8) is 0 Å². The first-order valence-corrected chi connectivity index (χ1v) is 9.24.